The molecule has 3 heteroatoms. The molecule has 0 N–H and O–H groups in total. The minimum atomic E-state index is 0.111. The summed E-state index contributed by atoms with van der Waals surface area (Å²) < 4.78 is 0. The van der Waals surface area contributed by atoms with E-state index < -0.39 is 0 Å². The fraction of sp³-hybridized carbons (Fsp3) is 0.462. The molecular weight excluding hydrogens is 222 g/mol. The number of carbonyl (C=O) groups excluding carboxylic acids is 1. The Morgan fingerprint density at radius 3 is 2.69 bits per heavy atom. The number of carbonyl (C=O) groups is 1. The zero-order valence-corrected chi connectivity index (χ0v) is 10.2. The summed E-state index contributed by atoms with van der Waals surface area (Å²) in [5, 5.41) is 0.749. The highest BCUT2D eigenvalue weighted by molar-refractivity contribution is 6.30. The number of nitrogens with zero attached hydrogens (tertiary/aromatic N) is 1. The van der Waals surface area contributed by atoms with Crippen LogP contribution in [0.25, 0.3) is 0 Å². The second-order valence-corrected chi connectivity index (χ2v) is 4.95. The van der Waals surface area contributed by atoms with Gasteiger partial charge in [-0.05, 0) is 43.6 Å². The van der Waals surface area contributed by atoms with Crippen LogP contribution < -0.4 is 0 Å². The first kappa shape index (κ1) is 11.6. The number of hydrogen-bond donors (Lipinski definition) is 0. The monoisotopic (exact) mass is 237 g/mol. The van der Waals surface area contributed by atoms with Gasteiger partial charge in [0.2, 0.25) is 0 Å². The highest BCUT2D eigenvalue weighted by Crippen LogP contribution is 2.31. The number of aldehydes is 1. The number of piperidine rings is 1. The van der Waals surface area contributed by atoms with Crippen molar-refractivity contribution in [3.63, 3.8) is 0 Å². The Morgan fingerprint density at radius 1 is 1.38 bits per heavy atom. The van der Waals surface area contributed by atoms with Crippen LogP contribution in [-0.4, -0.2) is 31.3 Å². The van der Waals surface area contributed by atoms with Crippen LogP contribution >= 0.6 is 11.6 Å². The van der Waals surface area contributed by atoms with Crippen molar-refractivity contribution in [2.24, 2.45) is 5.92 Å². The van der Waals surface area contributed by atoms with Gasteiger partial charge in [-0.15, -0.1) is 0 Å². The molecule has 16 heavy (non-hydrogen) atoms. The molecule has 1 aromatic carbocycles. The number of hydrogen-bond acceptors (Lipinski definition) is 2. The molecule has 86 valence electrons. The average Bonchev–Trinajstić information content (AvgIpc) is 2.30. The third kappa shape index (κ3) is 2.45. The predicted octanol–water partition coefficient (Wildman–Crippen LogP) is 2.57. The summed E-state index contributed by atoms with van der Waals surface area (Å²) in [5.74, 6) is 0.464. The number of likely N-dealkylation sites (tertiary alicyclic amines) is 1. The number of halogens is 1. The first-order chi connectivity index (χ1) is 7.70. The van der Waals surface area contributed by atoms with Gasteiger partial charge in [0, 0.05) is 17.5 Å². The minimum Gasteiger partial charge on any atom is -0.306 e. The standard InChI is InChI=1S/C13H16ClNO/c1-15-7-6-13(11(8-15)9-16)10-2-4-12(14)5-3-10/h2-5,9,11,13H,6-8H2,1H3/t11?,13-/m0/s1. The third-order valence-electron chi connectivity index (χ3n) is 3.33. The Bertz CT molecular complexity index is 363. The number of rotatable bonds is 2. The van der Waals surface area contributed by atoms with Gasteiger partial charge in [-0.1, -0.05) is 23.7 Å². The third-order valence-corrected chi connectivity index (χ3v) is 3.59. The van der Waals surface area contributed by atoms with Crippen LogP contribution in [-0.2, 0) is 4.79 Å². The van der Waals surface area contributed by atoms with Crippen molar-refractivity contribution in [2.75, 3.05) is 20.1 Å². The number of benzene rings is 1. The van der Waals surface area contributed by atoms with Crippen molar-refractivity contribution in [1.29, 1.82) is 0 Å². The predicted molar refractivity (Wildman–Crippen MR) is 65.9 cm³/mol. The molecule has 0 aromatic heterocycles. The Morgan fingerprint density at radius 2 is 2.06 bits per heavy atom. The Labute approximate surface area is 101 Å². The van der Waals surface area contributed by atoms with Crippen LogP contribution in [0.2, 0.25) is 5.02 Å². The van der Waals surface area contributed by atoms with Crippen LogP contribution in [0.3, 0.4) is 0 Å². The maximum atomic E-state index is 11.1. The minimum absolute atomic E-state index is 0.111. The van der Waals surface area contributed by atoms with E-state index >= 15 is 0 Å². The average molecular weight is 238 g/mol. The molecule has 1 saturated heterocycles. The SMILES string of the molecule is CN1CC[C@@H](c2ccc(Cl)cc2)C(C=O)C1. The van der Waals surface area contributed by atoms with Crippen LogP contribution in [0.4, 0.5) is 0 Å². The summed E-state index contributed by atoms with van der Waals surface area (Å²) in [6.45, 7) is 1.91. The molecule has 1 unspecified atom stereocenters. The summed E-state index contributed by atoms with van der Waals surface area (Å²) in [6, 6.07) is 7.87. The lowest BCUT2D eigenvalue weighted by Gasteiger charge is -2.34. The molecule has 1 heterocycles. The van der Waals surface area contributed by atoms with Crippen molar-refractivity contribution >= 4 is 17.9 Å². The van der Waals surface area contributed by atoms with Crippen molar-refractivity contribution in [2.45, 2.75) is 12.3 Å². The van der Waals surface area contributed by atoms with Gasteiger partial charge in [0.25, 0.3) is 0 Å². The fourth-order valence-corrected chi connectivity index (χ4v) is 2.54. The summed E-state index contributed by atoms with van der Waals surface area (Å²) in [5.41, 5.74) is 1.23. The zero-order chi connectivity index (χ0) is 11.5. The van der Waals surface area contributed by atoms with E-state index in [1.54, 1.807) is 0 Å². The van der Waals surface area contributed by atoms with Gasteiger partial charge in [0.1, 0.15) is 6.29 Å². The van der Waals surface area contributed by atoms with Crippen molar-refractivity contribution in [3.8, 4) is 0 Å². The van der Waals surface area contributed by atoms with E-state index in [9.17, 15) is 4.79 Å². The maximum absolute atomic E-state index is 11.1. The van der Waals surface area contributed by atoms with E-state index in [0.717, 1.165) is 30.8 Å². The van der Waals surface area contributed by atoms with Gasteiger partial charge < -0.3 is 9.69 Å². The molecule has 1 aromatic rings. The van der Waals surface area contributed by atoms with Crippen molar-refractivity contribution in [3.05, 3.63) is 34.9 Å². The second-order valence-electron chi connectivity index (χ2n) is 4.51. The maximum Gasteiger partial charge on any atom is 0.124 e. The zero-order valence-electron chi connectivity index (χ0n) is 9.40. The van der Waals surface area contributed by atoms with E-state index in [2.05, 4.69) is 11.9 Å². The topological polar surface area (TPSA) is 20.3 Å². The molecule has 2 nitrogen and oxygen atoms in total. The van der Waals surface area contributed by atoms with Gasteiger partial charge in [-0.25, -0.2) is 0 Å². The summed E-state index contributed by atoms with van der Waals surface area (Å²) in [4.78, 5) is 13.3. The van der Waals surface area contributed by atoms with E-state index in [1.165, 1.54) is 5.56 Å². The summed E-state index contributed by atoms with van der Waals surface area (Å²) in [7, 11) is 2.06. The highest BCUT2D eigenvalue weighted by atomic mass is 35.5. The van der Waals surface area contributed by atoms with Crippen LogP contribution in [0, 0.1) is 5.92 Å². The fourth-order valence-electron chi connectivity index (χ4n) is 2.41. The van der Waals surface area contributed by atoms with Crippen LogP contribution in [0.1, 0.15) is 17.9 Å². The van der Waals surface area contributed by atoms with Gasteiger partial charge in [-0.2, -0.15) is 0 Å². The Kier molecular flexibility index (Phi) is 3.62. The molecule has 0 radical (unpaired) electrons. The lowest BCUT2D eigenvalue weighted by molar-refractivity contribution is -0.113. The van der Waals surface area contributed by atoms with Gasteiger partial charge in [-0.3, -0.25) is 0 Å². The largest absolute Gasteiger partial charge is 0.306 e. The van der Waals surface area contributed by atoms with E-state index in [1.807, 2.05) is 24.3 Å². The molecule has 1 aliphatic rings. The summed E-state index contributed by atoms with van der Waals surface area (Å²) >= 11 is 5.87. The lowest BCUT2D eigenvalue weighted by Crippen LogP contribution is -2.37. The van der Waals surface area contributed by atoms with Gasteiger partial charge >= 0.3 is 0 Å². The molecule has 0 spiro atoms. The Balaban J connectivity index is 2.19. The van der Waals surface area contributed by atoms with Crippen LogP contribution in [0.5, 0.6) is 0 Å². The normalized spacial score (nSPS) is 26.6. The first-order valence-electron chi connectivity index (χ1n) is 5.60. The highest BCUT2D eigenvalue weighted by Gasteiger charge is 2.28. The molecule has 2 rings (SSSR count). The quantitative estimate of drug-likeness (QED) is 0.737. The smallest absolute Gasteiger partial charge is 0.124 e. The van der Waals surface area contributed by atoms with E-state index in [4.69, 9.17) is 11.6 Å². The Hall–Kier alpha value is -0.860. The first-order valence-corrected chi connectivity index (χ1v) is 5.98. The molecule has 2 atom stereocenters. The molecule has 0 bridgehead atoms. The van der Waals surface area contributed by atoms with Crippen molar-refractivity contribution in [1.82, 2.24) is 4.90 Å². The molecule has 1 aliphatic heterocycles. The molecule has 1 fully saturated rings. The molecule has 0 amide bonds. The van der Waals surface area contributed by atoms with Gasteiger partial charge in [0.05, 0.1) is 0 Å². The van der Waals surface area contributed by atoms with E-state index in [0.29, 0.717) is 5.92 Å². The van der Waals surface area contributed by atoms with Crippen molar-refractivity contribution < 1.29 is 4.79 Å². The van der Waals surface area contributed by atoms with E-state index in [-0.39, 0.29) is 5.92 Å². The molecule has 0 aliphatic carbocycles. The second kappa shape index (κ2) is 4.98. The summed E-state index contributed by atoms with van der Waals surface area (Å²) in [6.07, 6.45) is 2.14. The molecule has 0 saturated carbocycles. The molecular formula is C13H16ClNO. The van der Waals surface area contributed by atoms with Gasteiger partial charge in [0.15, 0.2) is 0 Å². The van der Waals surface area contributed by atoms with Crippen LogP contribution in [0.15, 0.2) is 24.3 Å². The lowest BCUT2D eigenvalue weighted by atomic mass is 9.81.